The number of nitrogens with zero attached hydrogens (tertiary/aromatic N) is 1. The van der Waals surface area contributed by atoms with E-state index in [9.17, 15) is 10.1 Å². The van der Waals surface area contributed by atoms with Gasteiger partial charge in [-0.1, -0.05) is 12.1 Å². The average Bonchev–Trinajstić information content (AvgIpc) is 1.88. The van der Waals surface area contributed by atoms with E-state index in [0.29, 0.717) is 4.90 Å². The molecule has 0 heterocycles. The second kappa shape index (κ2) is 4.77. The molecule has 0 aliphatic heterocycles. The minimum atomic E-state index is -0.456. The average molecular weight is 179 g/mol. The van der Waals surface area contributed by atoms with E-state index in [1.807, 2.05) is 0 Å². The van der Waals surface area contributed by atoms with Gasteiger partial charge in [-0.25, -0.2) is 0 Å². The summed E-state index contributed by atoms with van der Waals surface area (Å²) in [5.74, 6) is 0. The smallest absolute Gasteiger partial charge is 1.00 e. The van der Waals surface area contributed by atoms with Crippen LogP contribution in [0.4, 0.5) is 5.69 Å². The summed E-state index contributed by atoms with van der Waals surface area (Å²) in [6, 6.07) is 6.32. The van der Waals surface area contributed by atoms with Crippen molar-refractivity contribution in [3.05, 3.63) is 34.4 Å². The number of nitro groups is 1. The molecular weight excluding hydrogens is 173 g/mol. The second-order valence-corrected chi connectivity index (χ2v) is 2.23. The van der Waals surface area contributed by atoms with Crippen LogP contribution in [0.5, 0.6) is 0 Å². The molecule has 0 N–H and O–H groups in total. The van der Waals surface area contributed by atoms with Crippen molar-refractivity contribution in [2.24, 2.45) is 0 Å². The Bertz CT molecular complexity index is 271. The van der Waals surface area contributed by atoms with Gasteiger partial charge in [-0.15, -0.1) is 12.6 Å². The minimum absolute atomic E-state index is 0. The summed E-state index contributed by atoms with van der Waals surface area (Å²) in [5.41, 5.74) is 0.0471. The van der Waals surface area contributed by atoms with E-state index in [-0.39, 0.29) is 36.7 Å². The van der Waals surface area contributed by atoms with Gasteiger partial charge in [0.2, 0.25) is 0 Å². The molecule has 3 nitrogen and oxygen atoms in total. The molecular formula is C6H6NNaO2S. The maximum absolute atomic E-state index is 10.2. The summed E-state index contributed by atoms with van der Waals surface area (Å²) in [4.78, 5) is 10.1. The molecule has 0 aromatic heterocycles. The van der Waals surface area contributed by atoms with E-state index in [2.05, 4.69) is 12.6 Å². The zero-order chi connectivity index (χ0) is 7.56. The number of benzene rings is 1. The molecule has 0 saturated heterocycles. The zero-order valence-electron chi connectivity index (χ0n) is 7.02. The Labute approximate surface area is 93.1 Å². The van der Waals surface area contributed by atoms with Gasteiger partial charge in [0.05, 0.1) is 9.82 Å². The van der Waals surface area contributed by atoms with Gasteiger partial charge in [0, 0.05) is 6.07 Å². The molecule has 1 aromatic rings. The van der Waals surface area contributed by atoms with Crippen molar-refractivity contribution in [1.29, 1.82) is 0 Å². The molecule has 1 rings (SSSR count). The molecule has 0 radical (unpaired) electrons. The van der Waals surface area contributed by atoms with Crippen molar-refractivity contribution in [2.45, 2.75) is 4.90 Å². The Morgan fingerprint density at radius 3 is 2.36 bits per heavy atom. The van der Waals surface area contributed by atoms with Crippen molar-refractivity contribution in [3.63, 3.8) is 0 Å². The van der Waals surface area contributed by atoms with Crippen LogP contribution in [0.2, 0.25) is 0 Å². The van der Waals surface area contributed by atoms with E-state index < -0.39 is 4.92 Å². The Balaban J connectivity index is 0. The maximum atomic E-state index is 10.2. The standard InChI is InChI=1S/C6H5NO2S.Na.H/c8-7(9)5-3-1-2-4-6(5)10;;/h1-4,10H;;/q;+1;-1. The Hall–Kier alpha value is -0.0300. The number of para-hydroxylation sites is 1. The molecule has 5 heteroatoms. The summed E-state index contributed by atoms with van der Waals surface area (Å²) < 4.78 is 0. The first-order chi connectivity index (χ1) is 4.72. The van der Waals surface area contributed by atoms with Crippen LogP contribution in [0.15, 0.2) is 29.2 Å². The summed E-state index contributed by atoms with van der Waals surface area (Å²) in [6.07, 6.45) is 0. The molecule has 0 unspecified atom stereocenters. The Kier molecular flexibility index (Phi) is 4.76. The van der Waals surface area contributed by atoms with E-state index in [0.717, 1.165) is 0 Å². The van der Waals surface area contributed by atoms with Gasteiger partial charge < -0.3 is 1.43 Å². The van der Waals surface area contributed by atoms with E-state index >= 15 is 0 Å². The Morgan fingerprint density at radius 2 is 2.00 bits per heavy atom. The molecule has 1 aromatic carbocycles. The molecule has 0 saturated carbocycles. The van der Waals surface area contributed by atoms with Crippen LogP contribution >= 0.6 is 12.6 Å². The van der Waals surface area contributed by atoms with Crippen molar-refractivity contribution >= 4 is 18.3 Å². The van der Waals surface area contributed by atoms with Gasteiger partial charge in [-0.3, -0.25) is 10.1 Å². The number of rotatable bonds is 1. The quantitative estimate of drug-likeness (QED) is 0.260. The van der Waals surface area contributed by atoms with Crippen molar-refractivity contribution in [3.8, 4) is 0 Å². The minimum Gasteiger partial charge on any atom is -1.00 e. The fourth-order valence-corrected chi connectivity index (χ4v) is 0.861. The maximum Gasteiger partial charge on any atom is 1.00 e. The normalized spacial score (nSPS) is 8.45. The van der Waals surface area contributed by atoms with E-state index in [4.69, 9.17) is 0 Å². The van der Waals surface area contributed by atoms with Crippen molar-refractivity contribution < 1.29 is 35.9 Å². The predicted octanol–water partition coefficient (Wildman–Crippen LogP) is -1.00. The summed E-state index contributed by atoms with van der Waals surface area (Å²) in [7, 11) is 0. The molecule has 11 heavy (non-hydrogen) atoms. The number of hydrogen-bond acceptors (Lipinski definition) is 3. The van der Waals surface area contributed by atoms with E-state index in [1.165, 1.54) is 6.07 Å². The SMILES string of the molecule is O=[N+]([O-])c1ccccc1S.[H-].[Na+]. The summed E-state index contributed by atoms with van der Waals surface area (Å²) >= 11 is 3.90. The van der Waals surface area contributed by atoms with Gasteiger partial charge >= 0.3 is 29.6 Å². The number of nitro benzene ring substituents is 1. The van der Waals surface area contributed by atoms with Crippen molar-refractivity contribution in [1.82, 2.24) is 0 Å². The first-order valence-corrected chi connectivity index (χ1v) is 3.09. The van der Waals surface area contributed by atoms with Gasteiger partial charge in [0.25, 0.3) is 5.69 Å². The van der Waals surface area contributed by atoms with Gasteiger partial charge in [-0.05, 0) is 6.07 Å². The fourth-order valence-electron chi connectivity index (χ4n) is 0.619. The van der Waals surface area contributed by atoms with Crippen LogP contribution in [0.1, 0.15) is 1.43 Å². The topological polar surface area (TPSA) is 43.1 Å². The molecule has 54 valence electrons. The molecule has 0 aliphatic rings. The van der Waals surface area contributed by atoms with Crippen LogP contribution in [-0.2, 0) is 0 Å². The van der Waals surface area contributed by atoms with Crippen LogP contribution in [0.25, 0.3) is 0 Å². The van der Waals surface area contributed by atoms with Gasteiger partial charge in [0.1, 0.15) is 0 Å². The Morgan fingerprint density at radius 1 is 1.45 bits per heavy atom. The third-order valence-electron chi connectivity index (χ3n) is 1.08. The first kappa shape index (κ1) is 11.0. The zero-order valence-corrected chi connectivity index (χ0v) is 8.91. The van der Waals surface area contributed by atoms with Gasteiger partial charge in [-0.2, -0.15) is 0 Å². The van der Waals surface area contributed by atoms with Crippen LogP contribution in [-0.4, -0.2) is 4.92 Å². The number of hydrogen-bond donors (Lipinski definition) is 1. The third-order valence-corrected chi connectivity index (χ3v) is 1.46. The molecule has 0 aliphatic carbocycles. The van der Waals surface area contributed by atoms with Crippen molar-refractivity contribution in [2.75, 3.05) is 0 Å². The second-order valence-electron chi connectivity index (χ2n) is 1.75. The monoisotopic (exact) mass is 179 g/mol. The largest absolute Gasteiger partial charge is 1.00 e. The van der Waals surface area contributed by atoms with Crippen LogP contribution in [0, 0.1) is 10.1 Å². The molecule has 0 bridgehead atoms. The van der Waals surface area contributed by atoms with E-state index in [1.54, 1.807) is 18.2 Å². The first-order valence-electron chi connectivity index (χ1n) is 2.64. The summed E-state index contributed by atoms with van der Waals surface area (Å²) in [5, 5.41) is 10.2. The van der Waals surface area contributed by atoms with Crippen LogP contribution in [0.3, 0.4) is 0 Å². The third kappa shape index (κ3) is 2.83. The van der Waals surface area contributed by atoms with Gasteiger partial charge in [0.15, 0.2) is 0 Å². The fraction of sp³-hybridized carbons (Fsp3) is 0. The molecule has 0 spiro atoms. The number of thiol groups is 1. The molecule has 0 atom stereocenters. The molecule has 0 fully saturated rings. The van der Waals surface area contributed by atoms with Crippen LogP contribution < -0.4 is 29.6 Å². The predicted molar refractivity (Wildman–Crippen MR) is 41.5 cm³/mol. The molecule has 0 amide bonds. The summed E-state index contributed by atoms with van der Waals surface area (Å²) in [6.45, 7) is 0.